The van der Waals surface area contributed by atoms with Gasteiger partial charge >= 0.3 is 0 Å². The third-order valence-electron chi connectivity index (χ3n) is 2.81. The van der Waals surface area contributed by atoms with Crippen molar-refractivity contribution in [1.82, 2.24) is 4.90 Å². The summed E-state index contributed by atoms with van der Waals surface area (Å²) < 4.78 is 0. The lowest BCUT2D eigenvalue weighted by atomic mass is 9.93. The van der Waals surface area contributed by atoms with Crippen LogP contribution in [-0.4, -0.2) is 30.9 Å². The maximum atomic E-state index is 11.9. The lowest BCUT2D eigenvalue weighted by Gasteiger charge is -2.28. The molecule has 3 heteroatoms. The van der Waals surface area contributed by atoms with Gasteiger partial charge in [-0.15, -0.1) is 0 Å². The van der Waals surface area contributed by atoms with Crippen LogP contribution in [0.25, 0.3) is 6.08 Å². The molecule has 0 heterocycles. The van der Waals surface area contributed by atoms with Gasteiger partial charge in [0.15, 0.2) is 0 Å². The van der Waals surface area contributed by atoms with Crippen molar-refractivity contribution in [2.45, 2.75) is 13.8 Å². The van der Waals surface area contributed by atoms with E-state index in [9.17, 15) is 4.79 Å². The summed E-state index contributed by atoms with van der Waals surface area (Å²) in [6.07, 6.45) is 3.43. The summed E-state index contributed by atoms with van der Waals surface area (Å²) in [6, 6.07) is 9.78. The Kier molecular flexibility index (Phi) is 5.10. The van der Waals surface area contributed by atoms with E-state index >= 15 is 0 Å². The highest BCUT2D eigenvalue weighted by Crippen LogP contribution is 2.14. The zero-order valence-corrected chi connectivity index (χ0v) is 11.4. The normalized spacial score (nSPS) is 11.8. The van der Waals surface area contributed by atoms with Crippen LogP contribution in [0.1, 0.15) is 19.4 Å². The molecule has 1 aromatic carbocycles. The Morgan fingerprint density at radius 1 is 1.33 bits per heavy atom. The predicted molar refractivity (Wildman–Crippen MR) is 75.9 cm³/mol. The molecule has 1 amide bonds. The lowest BCUT2D eigenvalue weighted by Crippen LogP contribution is -2.39. The summed E-state index contributed by atoms with van der Waals surface area (Å²) in [5.74, 6) is 0.000350. The zero-order chi connectivity index (χ0) is 13.6. The second kappa shape index (κ2) is 6.36. The van der Waals surface area contributed by atoms with Gasteiger partial charge in [-0.25, -0.2) is 0 Å². The van der Waals surface area contributed by atoms with Crippen LogP contribution in [0, 0.1) is 5.41 Å². The highest BCUT2D eigenvalue weighted by atomic mass is 16.2. The van der Waals surface area contributed by atoms with Crippen LogP contribution in [0.3, 0.4) is 0 Å². The van der Waals surface area contributed by atoms with E-state index in [1.165, 1.54) is 0 Å². The number of rotatable bonds is 5. The first-order chi connectivity index (χ1) is 8.44. The number of likely N-dealkylation sites (N-methyl/N-ethyl adjacent to an activating group) is 1. The Morgan fingerprint density at radius 2 is 1.94 bits per heavy atom. The highest BCUT2D eigenvalue weighted by molar-refractivity contribution is 5.91. The van der Waals surface area contributed by atoms with Gasteiger partial charge in [-0.3, -0.25) is 4.79 Å². The first-order valence-electron chi connectivity index (χ1n) is 6.13. The van der Waals surface area contributed by atoms with Crippen molar-refractivity contribution in [2.75, 3.05) is 20.1 Å². The fourth-order valence-electron chi connectivity index (χ4n) is 1.64. The standard InChI is InChI=1S/C15H22N2O/c1-15(2,11-16)12-17(3)14(18)10-9-13-7-5-4-6-8-13/h4-10H,11-12,16H2,1-3H3. The van der Waals surface area contributed by atoms with Crippen molar-refractivity contribution < 1.29 is 4.79 Å². The molecule has 0 unspecified atom stereocenters. The Bertz CT molecular complexity index is 410. The zero-order valence-electron chi connectivity index (χ0n) is 11.4. The summed E-state index contributed by atoms with van der Waals surface area (Å²) in [4.78, 5) is 13.6. The molecule has 0 spiro atoms. The fraction of sp³-hybridized carbons (Fsp3) is 0.400. The molecule has 0 fully saturated rings. The summed E-state index contributed by atoms with van der Waals surface area (Å²) in [7, 11) is 1.80. The van der Waals surface area contributed by atoms with E-state index in [1.807, 2.05) is 36.4 Å². The highest BCUT2D eigenvalue weighted by Gasteiger charge is 2.19. The minimum Gasteiger partial charge on any atom is -0.342 e. The Hall–Kier alpha value is -1.61. The number of hydrogen-bond acceptors (Lipinski definition) is 2. The maximum absolute atomic E-state index is 11.9. The number of nitrogens with zero attached hydrogens (tertiary/aromatic N) is 1. The molecule has 0 saturated carbocycles. The van der Waals surface area contributed by atoms with Crippen molar-refractivity contribution in [2.24, 2.45) is 11.1 Å². The maximum Gasteiger partial charge on any atom is 0.246 e. The summed E-state index contributed by atoms with van der Waals surface area (Å²) >= 11 is 0. The Balaban J connectivity index is 2.58. The minimum absolute atomic E-state index is 0.000350. The van der Waals surface area contributed by atoms with Gasteiger partial charge < -0.3 is 10.6 Å². The van der Waals surface area contributed by atoms with Crippen molar-refractivity contribution in [3.63, 3.8) is 0 Å². The van der Waals surface area contributed by atoms with Gasteiger partial charge in [0.05, 0.1) is 0 Å². The van der Waals surface area contributed by atoms with Crippen LogP contribution < -0.4 is 5.73 Å². The van der Waals surface area contributed by atoms with E-state index in [2.05, 4.69) is 13.8 Å². The molecule has 0 saturated heterocycles. The van der Waals surface area contributed by atoms with Crippen LogP contribution in [-0.2, 0) is 4.79 Å². The molecule has 0 bridgehead atoms. The minimum atomic E-state index is -0.0506. The van der Waals surface area contributed by atoms with Crippen molar-refractivity contribution >= 4 is 12.0 Å². The average Bonchev–Trinajstić information content (AvgIpc) is 2.36. The van der Waals surface area contributed by atoms with E-state index in [1.54, 1.807) is 18.0 Å². The summed E-state index contributed by atoms with van der Waals surface area (Å²) in [6.45, 7) is 5.32. The quantitative estimate of drug-likeness (QED) is 0.809. The number of carbonyl (C=O) groups excluding carboxylic acids is 1. The van der Waals surface area contributed by atoms with Crippen molar-refractivity contribution in [3.8, 4) is 0 Å². The van der Waals surface area contributed by atoms with Gasteiger partial charge in [0.2, 0.25) is 5.91 Å². The molecule has 2 N–H and O–H groups in total. The van der Waals surface area contributed by atoms with Gasteiger partial charge in [0, 0.05) is 19.7 Å². The summed E-state index contributed by atoms with van der Waals surface area (Å²) in [5.41, 5.74) is 6.64. The van der Waals surface area contributed by atoms with Crippen LogP contribution in [0.15, 0.2) is 36.4 Å². The molecule has 0 aliphatic heterocycles. The Labute approximate surface area is 109 Å². The largest absolute Gasteiger partial charge is 0.342 e. The second-order valence-corrected chi connectivity index (χ2v) is 5.31. The average molecular weight is 246 g/mol. The van der Waals surface area contributed by atoms with E-state index in [4.69, 9.17) is 5.73 Å². The van der Waals surface area contributed by atoms with Crippen molar-refractivity contribution in [1.29, 1.82) is 0 Å². The molecule has 98 valence electrons. The first-order valence-corrected chi connectivity index (χ1v) is 6.13. The summed E-state index contributed by atoms with van der Waals surface area (Å²) in [5, 5.41) is 0. The van der Waals surface area contributed by atoms with E-state index in [0.717, 1.165) is 5.56 Å². The van der Waals surface area contributed by atoms with Gasteiger partial charge in [-0.05, 0) is 23.6 Å². The lowest BCUT2D eigenvalue weighted by molar-refractivity contribution is -0.125. The van der Waals surface area contributed by atoms with Crippen LogP contribution in [0.4, 0.5) is 0 Å². The molecular weight excluding hydrogens is 224 g/mol. The van der Waals surface area contributed by atoms with Crippen LogP contribution >= 0.6 is 0 Å². The molecule has 0 atom stereocenters. The van der Waals surface area contributed by atoms with Crippen molar-refractivity contribution in [3.05, 3.63) is 42.0 Å². The molecule has 1 aromatic rings. The number of carbonyl (C=O) groups is 1. The fourth-order valence-corrected chi connectivity index (χ4v) is 1.64. The predicted octanol–water partition coefficient (Wildman–Crippen LogP) is 2.14. The molecule has 0 aliphatic rings. The van der Waals surface area contributed by atoms with E-state index in [-0.39, 0.29) is 11.3 Å². The van der Waals surface area contributed by atoms with Gasteiger partial charge in [-0.2, -0.15) is 0 Å². The smallest absolute Gasteiger partial charge is 0.246 e. The van der Waals surface area contributed by atoms with E-state index in [0.29, 0.717) is 13.1 Å². The second-order valence-electron chi connectivity index (χ2n) is 5.31. The third kappa shape index (κ3) is 4.72. The molecular formula is C15H22N2O. The Morgan fingerprint density at radius 3 is 2.50 bits per heavy atom. The molecule has 0 aliphatic carbocycles. The number of benzene rings is 1. The molecule has 3 nitrogen and oxygen atoms in total. The molecule has 0 aromatic heterocycles. The number of nitrogens with two attached hydrogens (primary N) is 1. The molecule has 1 rings (SSSR count). The van der Waals surface area contributed by atoms with Gasteiger partial charge in [0.25, 0.3) is 0 Å². The first kappa shape index (κ1) is 14.5. The van der Waals surface area contributed by atoms with Crippen LogP contribution in [0.2, 0.25) is 0 Å². The third-order valence-corrected chi connectivity index (χ3v) is 2.81. The monoisotopic (exact) mass is 246 g/mol. The number of amides is 1. The topological polar surface area (TPSA) is 46.3 Å². The molecule has 18 heavy (non-hydrogen) atoms. The number of hydrogen-bond donors (Lipinski definition) is 1. The van der Waals surface area contributed by atoms with Gasteiger partial charge in [0.1, 0.15) is 0 Å². The van der Waals surface area contributed by atoms with Gasteiger partial charge in [-0.1, -0.05) is 44.2 Å². The molecule has 0 radical (unpaired) electrons. The van der Waals surface area contributed by atoms with E-state index < -0.39 is 0 Å². The SMILES string of the molecule is CN(CC(C)(C)CN)C(=O)C=Cc1ccccc1. The van der Waals surface area contributed by atoms with Crippen LogP contribution in [0.5, 0.6) is 0 Å².